The lowest BCUT2D eigenvalue weighted by Crippen LogP contribution is -2.33. The Labute approximate surface area is 51.2 Å². The molecule has 0 aromatic carbocycles. The number of aliphatic hydroxyl groups is 1. The molecule has 1 atom stereocenters. The van der Waals surface area contributed by atoms with Gasteiger partial charge < -0.3 is 10.2 Å². The average Bonchev–Trinajstić information content (AvgIpc) is 1.69. The zero-order valence-electron chi connectivity index (χ0n) is 3.97. The number of carboxylic acids is 1. The topological polar surface area (TPSA) is 69.6 Å². The number of hydrogen-bond acceptors (Lipinski definition) is 3. The van der Waals surface area contributed by atoms with Gasteiger partial charge in [-0.3, -0.25) is 4.79 Å². The quantitative estimate of drug-likeness (QED) is 0.447. The van der Waals surface area contributed by atoms with Gasteiger partial charge in [0.25, 0.3) is 0 Å². The predicted molar refractivity (Wildman–Crippen MR) is 27.5 cm³/mol. The van der Waals surface area contributed by atoms with Gasteiger partial charge in [-0.05, 0) is 11.8 Å². The molecule has 0 fully saturated rings. The summed E-state index contributed by atoms with van der Waals surface area (Å²) in [4.78, 5) is 11.7. The van der Waals surface area contributed by atoms with Crippen molar-refractivity contribution in [1.29, 1.82) is 0 Å². The monoisotopic (exact) mass is 139 g/mol. The van der Waals surface area contributed by atoms with E-state index < -0.39 is 18.6 Å². The molecular formula is C3H6ClNO3. The fraction of sp³-hybridized carbons (Fsp3) is 0.667. The molecule has 0 rings (SSSR count). The van der Waals surface area contributed by atoms with Crippen molar-refractivity contribution < 1.29 is 15.0 Å². The van der Waals surface area contributed by atoms with E-state index >= 15 is 0 Å². The Kier molecular flexibility index (Phi) is 3.51. The summed E-state index contributed by atoms with van der Waals surface area (Å²) in [7, 11) is 0. The van der Waals surface area contributed by atoms with E-state index in [1.807, 2.05) is 4.84 Å². The lowest BCUT2D eigenvalue weighted by atomic mass is 10.3. The first-order chi connectivity index (χ1) is 3.72. The second-order valence-corrected chi connectivity index (χ2v) is 1.40. The molecule has 0 radical (unpaired) electrons. The SMILES string of the molecule is O=C(O)[C@H](CO)NCl. The Morgan fingerprint density at radius 1 is 1.88 bits per heavy atom. The molecule has 8 heavy (non-hydrogen) atoms. The number of hydrogen-bond donors (Lipinski definition) is 3. The van der Waals surface area contributed by atoms with E-state index in [9.17, 15) is 4.79 Å². The van der Waals surface area contributed by atoms with Gasteiger partial charge >= 0.3 is 5.97 Å². The fourth-order valence-electron chi connectivity index (χ4n) is 0.159. The summed E-state index contributed by atoms with van der Waals surface area (Å²) in [6, 6.07) is -1.06. The van der Waals surface area contributed by atoms with E-state index in [2.05, 4.69) is 0 Å². The van der Waals surface area contributed by atoms with Crippen LogP contribution >= 0.6 is 11.8 Å². The van der Waals surface area contributed by atoms with E-state index in [1.54, 1.807) is 0 Å². The van der Waals surface area contributed by atoms with Gasteiger partial charge in [0.1, 0.15) is 6.04 Å². The molecular weight excluding hydrogens is 133 g/mol. The van der Waals surface area contributed by atoms with Crippen LogP contribution in [0.3, 0.4) is 0 Å². The first kappa shape index (κ1) is 7.68. The minimum absolute atomic E-state index is 0.501. The van der Waals surface area contributed by atoms with E-state index in [0.717, 1.165) is 0 Å². The summed E-state index contributed by atoms with van der Waals surface area (Å²) in [5.74, 6) is -1.16. The number of nitrogens with one attached hydrogen (secondary N) is 1. The van der Waals surface area contributed by atoms with Crippen LogP contribution in [-0.4, -0.2) is 28.8 Å². The Morgan fingerprint density at radius 2 is 2.38 bits per heavy atom. The van der Waals surface area contributed by atoms with E-state index in [-0.39, 0.29) is 0 Å². The van der Waals surface area contributed by atoms with Crippen LogP contribution in [0.2, 0.25) is 0 Å². The van der Waals surface area contributed by atoms with Crippen molar-refractivity contribution in [3.8, 4) is 0 Å². The van der Waals surface area contributed by atoms with Crippen molar-refractivity contribution in [2.24, 2.45) is 0 Å². The molecule has 0 heterocycles. The number of carbonyl (C=O) groups is 1. The van der Waals surface area contributed by atoms with Crippen molar-refractivity contribution in [3.05, 3.63) is 0 Å². The standard InChI is InChI=1S/C3H6ClNO3/c4-5-2(1-6)3(7)8/h2,5-6H,1H2,(H,7,8)/t2-/m0/s1. The van der Waals surface area contributed by atoms with Crippen molar-refractivity contribution >= 4 is 17.7 Å². The molecule has 0 aromatic rings. The van der Waals surface area contributed by atoms with Crippen molar-refractivity contribution in [2.75, 3.05) is 6.61 Å². The number of rotatable bonds is 3. The lowest BCUT2D eigenvalue weighted by Gasteiger charge is -2.02. The van der Waals surface area contributed by atoms with Crippen LogP contribution in [0, 0.1) is 0 Å². The maximum atomic E-state index is 9.85. The van der Waals surface area contributed by atoms with Crippen molar-refractivity contribution in [3.63, 3.8) is 0 Å². The Hall–Kier alpha value is -0.320. The predicted octanol–water partition coefficient (Wildman–Crippen LogP) is -0.825. The van der Waals surface area contributed by atoms with Crippen LogP contribution < -0.4 is 4.84 Å². The number of halogens is 1. The molecule has 48 valence electrons. The summed E-state index contributed by atoms with van der Waals surface area (Å²) in [6.07, 6.45) is 0. The minimum Gasteiger partial charge on any atom is -0.480 e. The van der Waals surface area contributed by atoms with Gasteiger partial charge in [-0.25, -0.2) is 4.84 Å². The maximum Gasteiger partial charge on any atom is 0.324 e. The number of aliphatic carboxylic acids is 1. The largest absolute Gasteiger partial charge is 0.480 e. The van der Waals surface area contributed by atoms with Crippen LogP contribution in [0.5, 0.6) is 0 Å². The zero-order chi connectivity index (χ0) is 6.57. The lowest BCUT2D eigenvalue weighted by molar-refractivity contribution is -0.139. The summed E-state index contributed by atoms with van der Waals surface area (Å²) in [6.45, 7) is -0.501. The van der Waals surface area contributed by atoms with Crippen molar-refractivity contribution in [1.82, 2.24) is 4.84 Å². The van der Waals surface area contributed by atoms with Gasteiger partial charge in [0, 0.05) is 0 Å². The zero-order valence-corrected chi connectivity index (χ0v) is 4.72. The van der Waals surface area contributed by atoms with Crippen LogP contribution in [0.1, 0.15) is 0 Å². The molecule has 0 aliphatic heterocycles. The molecule has 0 aliphatic carbocycles. The highest BCUT2D eigenvalue weighted by molar-refractivity contribution is 6.14. The fourth-order valence-corrected chi connectivity index (χ4v) is 0.322. The van der Waals surface area contributed by atoms with Gasteiger partial charge in [-0.15, -0.1) is 0 Å². The van der Waals surface area contributed by atoms with E-state index in [0.29, 0.717) is 0 Å². The molecule has 0 bridgehead atoms. The third-order valence-corrected chi connectivity index (χ3v) is 0.876. The highest BCUT2D eigenvalue weighted by Gasteiger charge is 2.12. The van der Waals surface area contributed by atoms with Gasteiger partial charge in [-0.2, -0.15) is 0 Å². The van der Waals surface area contributed by atoms with E-state index in [4.69, 9.17) is 22.0 Å². The van der Waals surface area contributed by atoms with Crippen LogP contribution in [0.15, 0.2) is 0 Å². The molecule has 0 amide bonds. The second kappa shape index (κ2) is 3.65. The number of aliphatic hydroxyl groups excluding tert-OH is 1. The molecule has 0 saturated heterocycles. The molecule has 4 nitrogen and oxygen atoms in total. The second-order valence-electron chi connectivity index (χ2n) is 1.18. The van der Waals surface area contributed by atoms with Crippen LogP contribution in [-0.2, 0) is 4.79 Å². The molecule has 5 heteroatoms. The van der Waals surface area contributed by atoms with Gasteiger partial charge in [0.15, 0.2) is 0 Å². The van der Waals surface area contributed by atoms with Gasteiger partial charge in [0.05, 0.1) is 6.61 Å². The molecule has 0 saturated carbocycles. The first-order valence-electron chi connectivity index (χ1n) is 1.92. The summed E-state index contributed by atoms with van der Waals surface area (Å²) in [5.41, 5.74) is 0. The third-order valence-electron chi connectivity index (χ3n) is 0.612. The molecule has 0 aliphatic rings. The maximum absolute atomic E-state index is 9.85. The summed E-state index contributed by atoms with van der Waals surface area (Å²) < 4.78 is 0. The van der Waals surface area contributed by atoms with Gasteiger partial charge in [0.2, 0.25) is 0 Å². The van der Waals surface area contributed by atoms with E-state index in [1.165, 1.54) is 0 Å². The Bertz CT molecular complexity index is 82.6. The third kappa shape index (κ3) is 2.11. The minimum atomic E-state index is -1.16. The Morgan fingerprint density at radius 3 is 2.38 bits per heavy atom. The van der Waals surface area contributed by atoms with Crippen molar-refractivity contribution in [2.45, 2.75) is 6.04 Å². The smallest absolute Gasteiger partial charge is 0.324 e. The molecule has 3 N–H and O–H groups in total. The van der Waals surface area contributed by atoms with Crippen LogP contribution in [0.25, 0.3) is 0 Å². The summed E-state index contributed by atoms with van der Waals surface area (Å²) in [5, 5.41) is 16.2. The van der Waals surface area contributed by atoms with Gasteiger partial charge in [-0.1, -0.05) is 0 Å². The highest BCUT2D eigenvalue weighted by atomic mass is 35.5. The first-order valence-corrected chi connectivity index (χ1v) is 2.30. The summed E-state index contributed by atoms with van der Waals surface area (Å²) >= 11 is 4.87. The average molecular weight is 140 g/mol. The molecule has 0 spiro atoms. The number of carboxylic acid groups (broad SMARTS) is 1. The highest BCUT2D eigenvalue weighted by Crippen LogP contribution is 1.81. The molecule has 0 aromatic heterocycles. The molecule has 0 unspecified atom stereocenters. The normalized spacial score (nSPS) is 13.2. The van der Waals surface area contributed by atoms with Crippen LogP contribution in [0.4, 0.5) is 0 Å². The Balaban J connectivity index is 3.52.